The van der Waals surface area contributed by atoms with Crippen LogP contribution in [0, 0.1) is 0 Å². The molecule has 1 heterocycles. The molecule has 3 N–H and O–H groups in total. The number of nitrogens with one attached hydrogen (secondary N) is 1. The Morgan fingerprint density at radius 1 is 1.65 bits per heavy atom. The maximum absolute atomic E-state index is 11.8. The maximum Gasteiger partial charge on any atom is 0.265 e. The summed E-state index contributed by atoms with van der Waals surface area (Å²) >= 11 is 1.27. The average Bonchev–Trinajstić information content (AvgIpc) is 2.68. The van der Waals surface area contributed by atoms with Gasteiger partial charge in [0.15, 0.2) is 5.13 Å². The second-order valence-corrected chi connectivity index (χ2v) is 4.84. The summed E-state index contributed by atoms with van der Waals surface area (Å²) < 4.78 is 5.04. The summed E-state index contributed by atoms with van der Waals surface area (Å²) in [5, 5.41) is 3.47. The number of carbonyl (C=O) groups excluding carboxylic acids is 1. The minimum absolute atomic E-state index is 0.0265. The molecule has 1 aromatic heterocycles. The van der Waals surface area contributed by atoms with Crippen molar-refractivity contribution >= 4 is 28.2 Å². The van der Waals surface area contributed by atoms with Crippen molar-refractivity contribution in [2.45, 2.75) is 13.0 Å². The molecule has 0 aliphatic rings. The first kappa shape index (κ1) is 13.7. The number of rotatable bonds is 5. The molecular weight excluding hydrogens is 240 g/mol. The lowest BCUT2D eigenvalue weighted by Gasteiger charge is -2.09. The Labute approximate surface area is 105 Å². The topological polar surface area (TPSA) is 80.5 Å². The highest BCUT2D eigenvalue weighted by Crippen LogP contribution is 2.26. The first-order chi connectivity index (χ1) is 7.95. The van der Waals surface area contributed by atoms with Crippen LogP contribution in [0.5, 0.6) is 0 Å². The van der Waals surface area contributed by atoms with Crippen molar-refractivity contribution in [2.24, 2.45) is 0 Å². The number of carbonyl (C=O) groups is 1. The molecule has 17 heavy (non-hydrogen) atoms. The van der Waals surface area contributed by atoms with Gasteiger partial charge in [-0.3, -0.25) is 4.79 Å². The number of nitrogen functional groups attached to an aromatic ring is 1. The quantitative estimate of drug-likeness (QED) is 0.806. The second kappa shape index (κ2) is 5.83. The summed E-state index contributed by atoms with van der Waals surface area (Å²) in [6.07, 6.45) is -0.0265. The normalized spacial score (nSPS) is 12.2. The molecule has 0 spiro atoms. The number of ether oxygens (including phenoxy) is 1. The molecule has 0 saturated carbocycles. The number of amides is 1. The molecule has 0 saturated heterocycles. The van der Waals surface area contributed by atoms with Crippen LogP contribution in [-0.4, -0.2) is 44.7 Å². The molecule has 0 aromatic carbocycles. The summed E-state index contributed by atoms with van der Waals surface area (Å²) in [5.41, 5.74) is 5.70. The predicted octanol–water partition coefficient (Wildman–Crippen LogP) is 0.556. The first-order valence-corrected chi connectivity index (χ1v) is 6.02. The zero-order valence-electron chi connectivity index (χ0n) is 10.5. The van der Waals surface area contributed by atoms with Gasteiger partial charge < -0.3 is 20.7 Å². The number of hydrogen-bond donors (Lipinski definition) is 2. The fourth-order valence-corrected chi connectivity index (χ4v) is 1.90. The highest BCUT2D eigenvalue weighted by molar-refractivity contribution is 7.18. The molecule has 7 heteroatoms. The van der Waals surface area contributed by atoms with Crippen molar-refractivity contribution in [1.29, 1.82) is 0 Å². The fraction of sp³-hybridized carbons (Fsp3) is 0.600. The Morgan fingerprint density at radius 2 is 2.29 bits per heavy atom. The van der Waals surface area contributed by atoms with E-state index in [1.807, 2.05) is 25.9 Å². The van der Waals surface area contributed by atoms with Gasteiger partial charge in [-0.15, -0.1) is 0 Å². The fourth-order valence-electron chi connectivity index (χ4n) is 1.07. The number of methoxy groups -OCH3 is 1. The standard InChI is InChI=1S/C10H18N4O2S/c1-6(16-4)5-12-9(15)7-8(11)13-10(17-7)14(2)3/h6H,5,11H2,1-4H3,(H,12,15). The average molecular weight is 258 g/mol. The minimum atomic E-state index is -0.211. The third-order valence-electron chi connectivity index (χ3n) is 2.18. The summed E-state index contributed by atoms with van der Waals surface area (Å²) in [5.74, 6) is 0.0540. The number of nitrogens with zero attached hydrogens (tertiary/aromatic N) is 2. The predicted molar refractivity (Wildman–Crippen MR) is 69.7 cm³/mol. The summed E-state index contributed by atoms with van der Waals surface area (Å²) in [4.78, 5) is 18.2. The Hall–Kier alpha value is -1.34. The van der Waals surface area contributed by atoms with Gasteiger partial charge in [0.05, 0.1) is 6.10 Å². The van der Waals surface area contributed by atoms with Crippen LogP contribution in [0.15, 0.2) is 0 Å². The monoisotopic (exact) mass is 258 g/mol. The molecule has 1 unspecified atom stereocenters. The van der Waals surface area contributed by atoms with E-state index in [9.17, 15) is 4.79 Å². The van der Waals surface area contributed by atoms with Gasteiger partial charge in [0.25, 0.3) is 5.91 Å². The first-order valence-electron chi connectivity index (χ1n) is 5.20. The summed E-state index contributed by atoms with van der Waals surface area (Å²) in [7, 11) is 5.31. The van der Waals surface area contributed by atoms with E-state index < -0.39 is 0 Å². The Balaban J connectivity index is 2.69. The zero-order valence-corrected chi connectivity index (χ0v) is 11.3. The number of thiazole rings is 1. The van der Waals surface area contributed by atoms with E-state index in [0.717, 1.165) is 0 Å². The number of anilines is 2. The van der Waals surface area contributed by atoms with E-state index in [1.54, 1.807) is 7.11 Å². The number of aromatic nitrogens is 1. The van der Waals surface area contributed by atoms with Gasteiger partial charge in [-0.05, 0) is 6.92 Å². The molecule has 1 amide bonds. The zero-order chi connectivity index (χ0) is 13.0. The van der Waals surface area contributed by atoms with Crippen LogP contribution in [0.3, 0.4) is 0 Å². The molecule has 1 aromatic rings. The molecule has 0 aliphatic carbocycles. The van der Waals surface area contributed by atoms with Gasteiger partial charge in [0.2, 0.25) is 0 Å². The van der Waals surface area contributed by atoms with Crippen molar-refractivity contribution in [2.75, 3.05) is 38.4 Å². The van der Waals surface area contributed by atoms with Gasteiger partial charge in [-0.25, -0.2) is 4.98 Å². The SMILES string of the molecule is COC(C)CNC(=O)c1sc(N(C)C)nc1N. The van der Waals surface area contributed by atoms with E-state index in [-0.39, 0.29) is 17.8 Å². The van der Waals surface area contributed by atoms with Crippen LogP contribution >= 0.6 is 11.3 Å². The minimum Gasteiger partial charge on any atom is -0.382 e. The molecule has 1 rings (SSSR count). The second-order valence-electron chi connectivity index (χ2n) is 3.86. The van der Waals surface area contributed by atoms with Gasteiger partial charge >= 0.3 is 0 Å². The van der Waals surface area contributed by atoms with Crippen molar-refractivity contribution in [1.82, 2.24) is 10.3 Å². The van der Waals surface area contributed by atoms with Crippen LogP contribution in [0.1, 0.15) is 16.6 Å². The van der Waals surface area contributed by atoms with Crippen LogP contribution in [-0.2, 0) is 4.74 Å². The number of hydrogen-bond acceptors (Lipinski definition) is 6. The Morgan fingerprint density at radius 3 is 2.76 bits per heavy atom. The van der Waals surface area contributed by atoms with E-state index >= 15 is 0 Å². The van der Waals surface area contributed by atoms with Crippen molar-refractivity contribution in [3.63, 3.8) is 0 Å². The lowest BCUT2D eigenvalue weighted by molar-refractivity contribution is 0.0874. The van der Waals surface area contributed by atoms with Crippen LogP contribution < -0.4 is 16.0 Å². The molecule has 0 bridgehead atoms. The van der Waals surface area contributed by atoms with Gasteiger partial charge in [-0.1, -0.05) is 11.3 Å². The largest absolute Gasteiger partial charge is 0.382 e. The molecule has 0 fully saturated rings. The van der Waals surface area contributed by atoms with Crippen molar-refractivity contribution in [3.8, 4) is 0 Å². The third-order valence-corrected chi connectivity index (χ3v) is 3.42. The van der Waals surface area contributed by atoms with Gasteiger partial charge in [-0.2, -0.15) is 0 Å². The summed E-state index contributed by atoms with van der Waals surface area (Å²) in [6.45, 7) is 2.32. The lowest BCUT2D eigenvalue weighted by Crippen LogP contribution is -2.31. The Bertz CT molecular complexity index is 392. The summed E-state index contributed by atoms with van der Waals surface area (Å²) in [6, 6.07) is 0. The molecule has 0 radical (unpaired) electrons. The molecule has 0 aliphatic heterocycles. The molecule has 1 atom stereocenters. The van der Waals surface area contributed by atoms with E-state index in [1.165, 1.54) is 11.3 Å². The smallest absolute Gasteiger partial charge is 0.265 e. The molecule has 96 valence electrons. The highest BCUT2D eigenvalue weighted by atomic mass is 32.1. The van der Waals surface area contributed by atoms with Gasteiger partial charge in [0.1, 0.15) is 10.7 Å². The van der Waals surface area contributed by atoms with E-state index in [4.69, 9.17) is 10.5 Å². The van der Waals surface area contributed by atoms with Gasteiger partial charge in [0, 0.05) is 27.7 Å². The van der Waals surface area contributed by atoms with Crippen molar-refractivity contribution in [3.05, 3.63) is 4.88 Å². The lowest BCUT2D eigenvalue weighted by atomic mass is 10.4. The maximum atomic E-state index is 11.8. The van der Waals surface area contributed by atoms with Crippen molar-refractivity contribution < 1.29 is 9.53 Å². The highest BCUT2D eigenvalue weighted by Gasteiger charge is 2.17. The van der Waals surface area contributed by atoms with Crippen LogP contribution in [0.25, 0.3) is 0 Å². The van der Waals surface area contributed by atoms with Crippen LogP contribution in [0.4, 0.5) is 10.9 Å². The van der Waals surface area contributed by atoms with E-state index in [2.05, 4.69) is 10.3 Å². The third kappa shape index (κ3) is 3.57. The van der Waals surface area contributed by atoms with Crippen LogP contribution in [0.2, 0.25) is 0 Å². The molecule has 6 nitrogen and oxygen atoms in total. The van der Waals surface area contributed by atoms with E-state index in [0.29, 0.717) is 16.6 Å². The number of nitrogens with two attached hydrogens (primary N) is 1. The molecular formula is C10H18N4O2S. The Kier molecular flexibility index (Phi) is 4.71.